The minimum Gasteiger partial charge on any atom is -0.460 e. The summed E-state index contributed by atoms with van der Waals surface area (Å²) in [4.78, 5) is 88.4. The molecule has 0 spiro atoms. The van der Waals surface area contributed by atoms with Crippen LogP contribution in [0, 0.1) is 5.92 Å². The first kappa shape index (κ1) is 43.7. The third-order valence-corrected chi connectivity index (χ3v) is 7.37. The van der Waals surface area contributed by atoms with Crippen LogP contribution < -0.4 is 31.9 Å². The summed E-state index contributed by atoms with van der Waals surface area (Å²) in [6.07, 6.45) is -0.106. The number of hydrogen-bond acceptors (Lipinski definition) is 9. The normalized spacial score (nSPS) is 12.7. The molecule has 0 bridgehead atoms. The van der Waals surface area contributed by atoms with E-state index in [4.69, 9.17) is 9.47 Å². The minimum atomic E-state index is -1.09. The number of rotatable bonds is 20. The predicted octanol–water partition coefficient (Wildman–Crippen LogP) is 2.03. The lowest BCUT2D eigenvalue weighted by atomic mass is 10.0. The third-order valence-electron chi connectivity index (χ3n) is 7.37. The summed E-state index contributed by atoms with van der Waals surface area (Å²) in [5.74, 6) is -3.38. The number of hydrogen-bond donors (Lipinski definition) is 6. The number of esters is 1. The van der Waals surface area contributed by atoms with Crippen molar-refractivity contribution in [1.82, 2.24) is 31.9 Å². The Morgan fingerprint density at radius 3 is 1.83 bits per heavy atom. The van der Waals surface area contributed by atoms with Gasteiger partial charge in [0.05, 0.1) is 6.54 Å². The Hall–Kier alpha value is -5.47. The number of amides is 6. The molecule has 6 N–H and O–H groups in total. The lowest BCUT2D eigenvalue weighted by Gasteiger charge is -2.24. The van der Waals surface area contributed by atoms with Crippen molar-refractivity contribution >= 4 is 41.6 Å². The SMILES string of the molecule is CC(C)CC(NC(=O)C(Cc1ccccc1)NC(=O)CNC(=O)CCC(C)NC(=O)CNC(=O)OC(C)(C)C)C(=O)NCC(=O)OCc1ccccc1. The van der Waals surface area contributed by atoms with Gasteiger partial charge < -0.3 is 41.4 Å². The number of carbonyl (C=O) groups excluding carboxylic acids is 7. The van der Waals surface area contributed by atoms with Gasteiger partial charge in [0.1, 0.15) is 37.4 Å². The zero-order chi connectivity index (χ0) is 39.4. The number of benzene rings is 2. The second-order valence-corrected chi connectivity index (χ2v) is 14.0. The Kier molecular flexibility index (Phi) is 18.5. The van der Waals surface area contributed by atoms with Crippen LogP contribution in [0.15, 0.2) is 60.7 Å². The van der Waals surface area contributed by atoms with Crippen molar-refractivity contribution in [3.05, 3.63) is 71.8 Å². The first-order chi connectivity index (χ1) is 25.0. The zero-order valence-corrected chi connectivity index (χ0v) is 31.4. The van der Waals surface area contributed by atoms with Crippen LogP contribution in [-0.2, 0) is 51.3 Å². The fraction of sp³-hybridized carbons (Fsp3) is 0.500. The Labute approximate surface area is 311 Å². The molecule has 2 aromatic rings. The van der Waals surface area contributed by atoms with Crippen molar-refractivity contribution < 1.29 is 43.0 Å². The van der Waals surface area contributed by atoms with Gasteiger partial charge in [0.25, 0.3) is 0 Å². The summed E-state index contributed by atoms with van der Waals surface area (Å²) >= 11 is 0. The van der Waals surface area contributed by atoms with E-state index in [2.05, 4.69) is 31.9 Å². The maximum Gasteiger partial charge on any atom is 0.408 e. The van der Waals surface area contributed by atoms with Gasteiger partial charge in [-0.3, -0.25) is 28.8 Å². The van der Waals surface area contributed by atoms with E-state index < -0.39 is 78.4 Å². The second-order valence-electron chi connectivity index (χ2n) is 14.0. The van der Waals surface area contributed by atoms with E-state index in [1.54, 1.807) is 52.0 Å². The monoisotopic (exact) mass is 738 g/mol. The van der Waals surface area contributed by atoms with E-state index in [1.165, 1.54) is 0 Å². The molecule has 0 saturated heterocycles. The largest absolute Gasteiger partial charge is 0.460 e. The summed E-state index contributed by atoms with van der Waals surface area (Å²) in [7, 11) is 0. The average molecular weight is 739 g/mol. The molecular formula is C38H54N6O9. The van der Waals surface area contributed by atoms with Crippen molar-refractivity contribution in [3.63, 3.8) is 0 Å². The van der Waals surface area contributed by atoms with Crippen molar-refractivity contribution in [2.24, 2.45) is 5.92 Å². The highest BCUT2D eigenvalue weighted by Gasteiger charge is 2.28. The Morgan fingerprint density at radius 2 is 1.23 bits per heavy atom. The number of nitrogens with one attached hydrogen (secondary N) is 6. The topological polar surface area (TPSA) is 210 Å². The van der Waals surface area contributed by atoms with Crippen molar-refractivity contribution in [3.8, 4) is 0 Å². The van der Waals surface area contributed by atoms with Gasteiger partial charge in [-0.25, -0.2) is 4.79 Å². The highest BCUT2D eigenvalue weighted by molar-refractivity contribution is 5.94. The molecule has 0 aliphatic heterocycles. The van der Waals surface area contributed by atoms with Crippen molar-refractivity contribution in [2.45, 2.75) is 97.6 Å². The molecule has 2 aromatic carbocycles. The highest BCUT2D eigenvalue weighted by atomic mass is 16.6. The molecule has 15 heteroatoms. The summed E-state index contributed by atoms with van der Waals surface area (Å²) < 4.78 is 10.3. The number of ether oxygens (including phenoxy) is 2. The Bertz CT molecular complexity index is 1510. The van der Waals surface area contributed by atoms with Crippen LogP contribution in [0.25, 0.3) is 0 Å². The molecule has 290 valence electrons. The quantitative estimate of drug-likeness (QED) is 0.110. The van der Waals surface area contributed by atoms with Gasteiger partial charge in [0, 0.05) is 18.9 Å². The fourth-order valence-electron chi connectivity index (χ4n) is 4.83. The first-order valence-corrected chi connectivity index (χ1v) is 17.6. The molecule has 0 heterocycles. The maximum atomic E-state index is 13.6. The molecule has 0 aliphatic rings. The van der Waals surface area contributed by atoms with E-state index in [9.17, 15) is 33.6 Å². The summed E-state index contributed by atoms with van der Waals surface area (Å²) in [6, 6.07) is 15.6. The second kappa shape index (κ2) is 22.5. The molecule has 0 radical (unpaired) electrons. The van der Waals surface area contributed by atoms with E-state index in [-0.39, 0.29) is 44.8 Å². The van der Waals surface area contributed by atoms with Gasteiger partial charge in [-0.15, -0.1) is 0 Å². The van der Waals surface area contributed by atoms with Gasteiger partial charge in [0.15, 0.2) is 0 Å². The summed E-state index contributed by atoms with van der Waals surface area (Å²) in [5.41, 5.74) is 0.844. The van der Waals surface area contributed by atoms with Crippen LogP contribution in [-0.4, -0.2) is 85.0 Å². The lowest BCUT2D eigenvalue weighted by molar-refractivity contribution is -0.145. The smallest absolute Gasteiger partial charge is 0.408 e. The molecule has 3 atom stereocenters. The maximum absolute atomic E-state index is 13.6. The molecule has 0 fully saturated rings. The Morgan fingerprint density at radius 1 is 0.642 bits per heavy atom. The van der Waals surface area contributed by atoms with E-state index in [1.807, 2.05) is 50.2 Å². The van der Waals surface area contributed by atoms with Crippen LogP contribution in [0.5, 0.6) is 0 Å². The van der Waals surface area contributed by atoms with Crippen LogP contribution in [0.3, 0.4) is 0 Å². The molecule has 0 aromatic heterocycles. The predicted molar refractivity (Wildman–Crippen MR) is 197 cm³/mol. The van der Waals surface area contributed by atoms with E-state index in [0.29, 0.717) is 0 Å². The number of carbonyl (C=O) groups is 7. The van der Waals surface area contributed by atoms with Crippen LogP contribution >= 0.6 is 0 Å². The molecule has 15 nitrogen and oxygen atoms in total. The minimum absolute atomic E-state index is 0.00148. The molecule has 0 aliphatic carbocycles. The van der Waals surface area contributed by atoms with Crippen molar-refractivity contribution in [2.75, 3.05) is 19.6 Å². The van der Waals surface area contributed by atoms with Crippen molar-refractivity contribution in [1.29, 1.82) is 0 Å². The Balaban J connectivity index is 1.91. The molecule has 3 unspecified atom stereocenters. The van der Waals surface area contributed by atoms with Crippen LogP contribution in [0.4, 0.5) is 4.79 Å². The van der Waals surface area contributed by atoms with Gasteiger partial charge in [0.2, 0.25) is 29.5 Å². The summed E-state index contributed by atoms with van der Waals surface area (Å²) in [5, 5.41) is 15.5. The van der Waals surface area contributed by atoms with Gasteiger partial charge in [-0.05, 0) is 57.6 Å². The molecular weight excluding hydrogens is 684 g/mol. The number of alkyl carbamates (subject to hydrolysis) is 1. The zero-order valence-electron chi connectivity index (χ0n) is 31.4. The molecule has 0 saturated carbocycles. The van der Waals surface area contributed by atoms with E-state index in [0.717, 1.165) is 11.1 Å². The van der Waals surface area contributed by atoms with Crippen LogP contribution in [0.2, 0.25) is 0 Å². The first-order valence-electron chi connectivity index (χ1n) is 17.6. The molecule has 2 rings (SSSR count). The standard InChI is InChI=1S/C38H54N6O9/c1-25(2)19-29(35(49)40-23-34(48)52-24-28-15-11-8-12-16-28)44-36(50)30(20-27-13-9-7-10-14-27)43-33(47)21-39-31(45)18-17-26(3)42-32(46)22-41-37(51)53-38(4,5)6/h7-16,25-26,29-30H,17-24H2,1-6H3,(H,39,45)(H,40,49)(H,41,51)(H,42,46)(H,43,47)(H,44,50). The molecule has 6 amide bonds. The van der Waals surface area contributed by atoms with E-state index >= 15 is 0 Å². The fourth-order valence-corrected chi connectivity index (χ4v) is 4.83. The van der Waals surface area contributed by atoms with Gasteiger partial charge >= 0.3 is 12.1 Å². The molecule has 53 heavy (non-hydrogen) atoms. The lowest BCUT2D eigenvalue weighted by Crippen LogP contribution is -2.56. The summed E-state index contributed by atoms with van der Waals surface area (Å²) in [6.45, 7) is 9.51. The third kappa shape index (κ3) is 19.6. The average Bonchev–Trinajstić information content (AvgIpc) is 3.09. The van der Waals surface area contributed by atoms with Gasteiger partial charge in [-0.1, -0.05) is 74.5 Å². The highest BCUT2D eigenvalue weighted by Crippen LogP contribution is 2.09. The van der Waals surface area contributed by atoms with Gasteiger partial charge in [-0.2, -0.15) is 0 Å². The van der Waals surface area contributed by atoms with Crippen LogP contribution in [0.1, 0.15) is 71.9 Å².